The summed E-state index contributed by atoms with van der Waals surface area (Å²) in [4.78, 5) is 6.09. The maximum absolute atomic E-state index is 5.72. The van der Waals surface area contributed by atoms with Crippen molar-refractivity contribution in [3.05, 3.63) is 35.5 Å². The number of hydrogen-bond donors (Lipinski definition) is 2. The number of aryl methyl sites for hydroxylation is 1. The van der Waals surface area contributed by atoms with Crippen molar-refractivity contribution in [2.24, 2.45) is 11.7 Å². The van der Waals surface area contributed by atoms with Crippen molar-refractivity contribution in [1.82, 2.24) is 9.88 Å². The molecule has 0 spiro atoms. The standard InChI is InChI=1S/C18H27N3/c1-2-15-6-3-7-17-16(11-20-18(15)17)13-21-10-4-5-14(12-21)8-9-19/h3,6-7,11,14,20H,2,4-5,8-10,12-13,19H2,1H3. The number of nitrogens with one attached hydrogen (secondary N) is 1. The maximum atomic E-state index is 5.72. The monoisotopic (exact) mass is 285 g/mol. The third-order valence-corrected chi connectivity index (χ3v) is 4.84. The molecule has 3 nitrogen and oxygen atoms in total. The van der Waals surface area contributed by atoms with Crippen molar-refractivity contribution in [2.75, 3.05) is 19.6 Å². The Hall–Kier alpha value is -1.32. The number of aromatic amines is 1. The van der Waals surface area contributed by atoms with Crippen molar-refractivity contribution in [2.45, 2.75) is 39.2 Å². The molecule has 1 saturated heterocycles. The fourth-order valence-corrected chi connectivity index (χ4v) is 3.71. The molecule has 1 atom stereocenters. The largest absolute Gasteiger partial charge is 0.361 e. The highest BCUT2D eigenvalue weighted by molar-refractivity contribution is 5.86. The number of rotatable bonds is 5. The fraction of sp³-hybridized carbons (Fsp3) is 0.556. The summed E-state index contributed by atoms with van der Waals surface area (Å²) in [6.45, 7) is 6.54. The zero-order chi connectivity index (χ0) is 14.7. The SMILES string of the molecule is CCc1cccc2c(CN3CCCC(CCN)C3)c[nH]c12. The van der Waals surface area contributed by atoms with E-state index in [2.05, 4.69) is 41.2 Å². The Morgan fingerprint density at radius 2 is 2.24 bits per heavy atom. The van der Waals surface area contributed by atoms with Crippen LogP contribution in [0.25, 0.3) is 10.9 Å². The summed E-state index contributed by atoms with van der Waals surface area (Å²) in [5, 5.41) is 1.40. The summed E-state index contributed by atoms with van der Waals surface area (Å²) < 4.78 is 0. The summed E-state index contributed by atoms with van der Waals surface area (Å²) in [5.74, 6) is 0.792. The zero-order valence-electron chi connectivity index (χ0n) is 13.1. The van der Waals surface area contributed by atoms with Crippen LogP contribution in [0, 0.1) is 5.92 Å². The van der Waals surface area contributed by atoms with Crippen LogP contribution < -0.4 is 5.73 Å². The second-order valence-electron chi connectivity index (χ2n) is 6.33. The molecule has 21 heavy (non-hydrogen) atoms. The number of nitrogens with two attached hydrogens (primary N) is 1. The number of aromatic nitrogens is 1. The lowest BCUT2D eigenvalue weighted by Gasteiger charge is -2.32. The van der Waals surface area contributed by atoms with Crippen LogP contribution in [0.3, 0.4) is 0 Å². The Morgan fingerprint density at radius 3 is 3.05 bits per heavy atom. The van der Waals surface area contributed by atoms with Crippen LogP contribution in [0.4, 0.5) is 0 Å². The number of fused-ring (bicyclic) bond motifs is 1. The number of nitrogens with zero attached hydrogens (tertiary/aromatic N) is 1. The normalized spacial score (nSPS) is 20.2. The Balaban J connectivity index is 1.76. The summed E-state index contributed by atoms with van der Waals surface area (Å²) in [7, 11) is 0. The second kappa shape index (κ2) is 6.63. The summed E-state index contributed by atoms with van der Waals surface area (Å²) in [6.07, 6.45) is 7.12. The van der Waals surface area contributed by atoms with Crippen LogP contribution in [0.15, 0.2) is 24.4 Å². The van der Waals surface area contributed by atoms with Gasteiger partial charge in [-0.15, -0.1) is 0 Å². The summed E-state index contributed by atoms with van der Waals surface area (Å²) in [5.41, 5.74) is 9.90. The highest BCUT2D eigenvalue weighted by Gasteiger charge is 2.20. The molecule has 3 rings (SSSR count). The molecular weight excluding hydrogens is 258 g/mol. The van der Waals surface area contributed by atoms with Crippen LogP contribution in [0.2, 0.25) is 0 Å². The van der Waals surface area contributed by atoms with E-state index in [0.29, 0.717) is 0 Å². The molecule has 1 aliphatic rings. The van der Waals surface area contributed by atoms with Crippen LogP contribution in [0.5, 0.6) is 0 Å². The van der Waals surface area contributed by atoms with Crippen LogP contribution in [0.1, 0.15) is 37.3 Å². The molecule has 3 N–H and O–H groups in total. The molecule has 0 aliphatic carbocycles. The van der Waals surface area contributed by atoms with E-state index in [1.807, 2.05) is 0 Å². The Kier molecular flexibility index (Phi) is 4.61. The minimum absolute atomic E-state index is 0.792. The molecule has 1 unspecified atom stereocenters. The van der Waals surface area contributed by atoms with Gasteiger partial charge in [0.2, 0.25) is 0 Å². The average molecular weight is 285 g/mol. The molecule has 1 aliphatic heterocycles. The molecule has 0 amide bonds. The first-order valence-corrected chi connectivity index (χ1v) is 8.32. The van der Waals surface area contributed by atoms with E-state index >= 15 is 0 Å². The number of para-hydroxylation sites is 1. The van der Waals surface area contributed by atoms with Gasteiger partial charge < -0.3 is 10.7 Å². The number of piperidine rings is 1. The number of hydrogen-bond acceptors (Lipinski definition) is 2. The molecule has 1 aromatic carbocycles. The molecule has 0 bridgehead atoms. The van der Waals surface area contributed by atoms with Gasteiger partial charge in [0.1, 0.15) is 0 Å². The topological polar surface area (TPSA) is 45.0 Å². The highest BCUT2D eigenvalue weighted by atomic mass is 15.1. The number of likely N-dealkylation sites (tertiary alicyclic amines) is 1. The lowest BCUT2D eigenvalue weighted by Crippen LogP contribution is -2.35. The lowest BCUT2D eigenvalue weighted by atomic mass is 9.94. The van der Waals surface area contributed by atoms with Gasteiger partial charge in [-0.25, -0.2) is 0 Å². The van der Waals surface area contributed by atoms with E-state index in [1.165, 1.54) is 54.4 Å². The van der Waals surface area contributed by atoms with Crippen molar-refractivity contribution in [3.63, 3.8) is 0 Å². The maximum Gasteiger partial charge on any atom is 0.0489 e. The van der Waals surface area contributed by atoms with Gasteiger partial charge in [0.05, 0.1) is 0 Å². The average Bonchev–Trinajstić information content (AvgIpc) is 2.91. The molecule has 2 heterocycles. The van der Waals surface area contributed by atoms with Crippen molar-refractivity contribution in [3.8, 4) is 0 Å². The van der Waals surface area contributed by atoms with Gasteiger partial charge in [-0.2, -0.15) is 0 Å². The second-order valence-corrected chi connectivity index (χ2v) is 6.33. The Bertz CT molecular complexity index is 585. The molecule has 2 aromatic rings. The molecular formula is C18H27N3. The minimum atomic E-state index is 0.792. The first kappa shape index (κ1) is 14.6. The third kappa shape index (κ3) is 3.14. The minimum Gasteiger partial charge on any atom is -0.361 e. The van der Waals surface area contributed by atoms with Crippen molar-refractivity contribution in [1.29, 1.82) is 0 Å². The number of H-pyrrole nitrogens is 1. The van der Waals surface area contributed by atoms with Crippen molar-refractivity contribution >= 4 is 10.9 Å². The van der Waals surface area contributed by atoms with Gasteiger partial charge in [0.25, 0.3) is 0 Å². The molecule has 0 saturated carbocycles. The van der Waals surface area contributed by atoms with E-state index in [9.17, 15) is 0 Å². The predicted octanol–water partition coefficient (Wildman–Crippen LogP) is 3.29. The van der Waals surface area contributed by atoms with Gasteiger partial charge in [-0.3, -0.25) is 4.90 Å². The van der Waals surface area contributed by atoms with Crippen LogP contribution in [-0.4, -0.2) is 29.5 Å². The van der Waals surface area contributed by atoms with Crippen LogP contribution >= 0.6 is 0 Å². The lowest BCUT2D eigenvalue weighted by molar-refractivity contribution is 0.163. The Labute approximate surface area is 127 Å². The van der Waals surface area contributed by atoms with Gasteiger partial charge >= 0.3 is 0 Å². The van der Waals surface area contributed by atoms with Crippen molar-refractivity contribution < 1.29 is 0 Å². The molecule has 3 heteroatoms. The van der Waals surface area contributed by atoms with Crippen LogP contribution in [-0.2, 0) is 13.0 Å². The smallest absolute Gasteiger partial charge is 0.0489 e. The fourth-order valence-electron chi connectivity index (χ4n) is 3.71. The molecule has 114 valence electrons. The van der Waals surface area contributed by atoms with E-state index in [0.717, 1.165) is 25.4 Å². The molecule has 1 fully saturated rings. The third-order valence-electron chi connectivity index (χ3n) is 4.84. The summed E-state index contributed by atoms with van der Waals surface area (Å²) in [6, 6.07) is 6.66. The van der Waals surface area contributed by atoms with Gasteiger partial charge in [-0.05, 0) is 55.8 Å². The number of benzene rings is 1. The first-order chi connectivity index (χ1) is 10.3. The highest BCUT2D eigenvalue weighted by Crippen LogP contribution is 2.26. The van der Waals surface area contributed by atoms with Gasteiger partial charge in [-0.1, -0.05) is 25.1 Å². The quantitative estimate of drug-likeness (QED) is 0.885. The van der Waals surface area contributed by atoms with E-state index in [-0.39, 0.29) is 0 Å². The Morgan fingerprint density at radius 1 is 1.33 bits per heavy atom. The predicted molar refractivity (Wildman–Crippen MR) is 89.3 cm³/mol. The first-order valence-electron chi connectivity index (χ1n) is 8.32. The molecule has 1 aromatic heterocycles. The van der Waals surface area contributed by atoms with Gasteiger partial charge in [0, 0.05) is 30.2 Å². The van der Waals surface area contributed by atoms with E-state index in [4.69, 9.17) is 5.73 Å². The summed E-state index contributed by atoms with van der Waals surface area (Å²) >= 11 is 0. The van der Waals surface area contributed by atoms with Gasteiger partial charge in [0.15, 0.2) is 0 Å². The van der Waals surface area contributed by atoms with E-state index in [1.54, 1.807) is 0 Å². The van der Waals surface area contributed by atoms with E-state index < -0.39 is 0 Å². The zero-order valence-corrected chi connectivity index (χ0v) is 13.1. The molecule has 0 radical (unpaired) electrons.